The maximum absolute atomic E-state index is 12.5. The molecule has 1 aromatic heterocycles. The number of benzene rings is 1. The van der Waals surface area contributed by atoms with E-state index in [1.807, 2.05) is 42.5 Å². The minimum Gasteiger partial charge on any atom is -0.481 e. The number of hydrogen-bond donors (Lipinski definition) is 1. The summed E-state index contributed by atoms with van der Waals surface area (Å²) in [6.07, 6.45) is 2.22. The molecule has 2 heterocycles. The van der Waals surface area contributed by atoms with Crippen molar-refractivity contribution in [1.29, 1.82) is 0 Å². The second-order valence-corrected chi connectivity index (χ2v) is 8.71. The number of carboxylic acids is 1. The van der Waals surface area contributed by atoms with E-state index in [9.17, 15) is 9.59 Å². The second-order valence-electron chi connectivity index (χ2n) is 5.51. The Morgan fingerprint density at radius 2 is 2.04 bits per heavy atom. The summed E-state index contributed by atoms with van der Waals surface area (Å²) in [5.74, 6) is -1.05. The molecule has 1 fully saturated rings. The highest BCUT2D eigenvalue weighted by molar-refractivity contribution is 8.26. The van der Waals surface area contributed by atoms with Gasteiger partial charge in [-0.1, -0.05) is 53.8 Å². The van der Waals surface area contributed by atoms with Gasteiger partial charge in [0, 0.05) is 33.3 Å². The fourth-order valence-electron chi connectivity index (χ4n) is 2.45. The highest BCUT2D eigenvalue weighted by atomic mass is 35.5. The molecule has 0 aliphatic carbocycles. The fourth-order valence-corrected chi connectivity index (χ4v) is 5.11. The molecule has 1 amide bonds. The van der Waals surface area contributed by atoms with Crippen molar-refractivity contribution in [3.63, 3.8) is 0 Å². The first-order chi connectivity index (χ1) is 12.5. The van der Waals surface area contributed by atoms with Crippen molar-refractivity contribution in [2.24, 2.45) is 0 Å². The van der Waals surface area contributed by atoms with Gasteiger partial charge < -0.3 is 5.11 Å². The van der Waals surface area contributed by atoms with E-state index in [1.165, 1.54) is 16.7 Å². The van der Waals surface area contributed by atoms with E-state index >= 15 is 0 Å². The maximum Gasteiger partial charge on any atom is 0.303 e. The molecule has 26 heavy (non-hydrogen) atoms. The van der Waals surface area contributed by atoms with Gasteiger partial charge in [-0.25, -0.2) is 0 Å². The summed E-state index contributed by atoms with van der Waals surface area (Å²) in [4.78, 5) is 27.1. The number of thiocarbonyl (C=S) groups is 1. The van der Waals surface area contributed by atoms with Crippen molar-refractivity contribution < 1.29 is 14.7 Å². The number of hydrogen-bond acceptors (Lipinski definition) is 5. The normalized spacial score (nSPS) is 15.9. The van der Waals surface area contributed by atoms with Crippen molar-refractivity contribution in [2.75, 3.05) is 6.54 Å². The SMILES string of the molecule is O=C(O)CCCN1C(=O)/C(=C\c2ccc(-c3ccccc3Cl)s2)SC1=S. The zero-order valence-corrected chi connectivity index (χ0v) is 16.7. The monoisotopic (exact) mass is 423 g/mol. The van der Waals surface area contributed by atoms with Crippen LogP contribution in [0.5, 0.6) is 0 Å². The number of aliphatic carboxylic acids is 1. The van der Waals surface area contributed by atoms with Gasteiger partial charge in [0.15, 0.2) is 0 Å². The summed E-state index contributed by atoms with van der Waals surface area (Å²) in [6.45, 7) is 0.323. The summed E-state index contributed by atoms with van der Waals surface area (Å²) in [5.41, 5.74) is 0.958. The number of halogens is 1. The van der Waals surface area contributed by atoms with Gasteiger partial charge in [-0.05, 0) is 30.7 Å². The molecular formula is C18H14ClNO3S3. The van der Waals surface area contributed by atoms with Gasteiger partial charge in [0.25, 0.3) is 5.91 Å². The van der Waals surface area contributed by atoms with E-state index in [0.717, 1.165) is 15.3 Å². The van der Waals surface area contributed by atoms with Gasteiger partial charge in [0.1, 0.15) is 4.32 Å². The van der Waals surface area contributed by atoms with Gasteiger partial charge in [-0.3, -0.25) is 14.5 Å². The first-order valence-electron chi connectivity index (χ1n) is 7.77. The molecule has 0 atom stereocenters. The van der Waals surface area contributed by atoms with Gasteiger partial charge in [0.2, 0.25) is 0 Å². The summed E-state index contributed by atoms with van der Waals surface area (Å²) in [5, 5.41) is 9.41. The second kappa shape index (κ2) is 8.35. The fraction of sp³-hybridized carbons (Fsp3) is 0.167. The Hall–Kier alpha value is -1.67. The third kappa shape index (κ3) is 4.35. The topological polar surface area (TPSA) is 57.6 Å². The Bertz CT molecular complexity index is 907. The summed E-state index contributed by atoms with van der Waals surface area (Å²) in [7, 11) is 0. The van der Waals surface area contributed by atoms with Crippen molar-refractivity contribution in [2.45, 2.75) is 12.8 Å². The molecule has 0 radical (unpaired) electrons. The van der Waals surface area contributed by atoms with Crippen LogP contribution >= 0.6 is 46.9 Å². The van der Waals surface area contributed by atoms with Crippen LogP contribution in [0.4, 0.5) is 0 Å². The van der Waals surface area contributed by atoms with Crippen LogP contribution in [0.2, 0.25) is 5.02 Å². The number of nitrogens with zero attached hydrogens (tertiary/aromatic N) is 1. The minimum atomic E-state index is -0.878. The molecule has 0 saturated carbocycles. The molecular weight excluding hydrogens is 410 g/mol. The summed E-state index contributed by atoms with van der Waals surface area (Å²) >= 11 is 14.3. The van der Waals surface area contributed by atoms with Gasteiger partial charge >= 0.3 is 5.97 Å². The molecule has 1 N–H and O–H groups in total. The van der Waals surface area contributed by atoms with E-state index in [0.29, 0.717) is 27.2 Å². The molecule has 0 bridgehead atoms. The lowest BCUT2D eigenvalue weighted by molar-refractivity contribution is -0.137. The summed E-state index contributed by atoms with van der Waals surface area (Å²) in [6, 6.07) is 11.5. The third-order valence-corrected chi connectivity index (χ3v) is 6.46. The van der Waals surface area contributed by atoms with E-state index < -0.39 is 5.97 Å². The van der Waals surface area contributed by atoms with Crippen LogP contribution in [0.25, 0.3) is 16.5 Å². The van der Waals surface area contributed by atoms with Gasteiger partial charge in [-0.15, -0.1) is 11.3 Å². The average Bonchev–Trinajstić information content (AvgIpc) is 3.15. The van der Waals surface area contributed by atoms with Crippen LogP contribution in [0.3, 0.4) is 0 Å². The Kier molecular flexibility index (Phi) is 6.13. The van der Waals surface area contributed by atoms with Crippen LogP contribution in [0.15, 0.2) is 41.3 Å². The number of amides is 1. The number of carbonyl (C=O) groups is 2. The molecule has 4 nitrogen and oxygen atoms in total. The number of thiophene rings is 1. The molecule has 1 aromatic carbocycles. The number of carbonyl (C=O) groups excluding carboxylic acids is 1. The lowest BCUT2D eigenvalue weighted by Crippen LogP contribution is -2.29. The first-order valence-corrected chi connectivity index (χ1v) is 10.2. The Balaban J connectivity index is 1.75. The summed E-state index contributed by atoms with van der Waals surface area (Å²) < 4.78 is 0.467. The predicted molar refractivity (Wildman–Crippen MR) is 112 cm³/mol. The van der Waals surface area contributed by atoms with Crippen molar-refractivity contribution in [1.82, 2.24) is 4.90 Å². The minimum absolute atomic E-state index is 0.0161. The molecule has 8 heteroatoms. The van der Waals surface area contributed by atoms with Crippen LogP contribution in [-0.4, -0.2) is 32.7 Å². The standard InChI is InChI=1S/C18H14ClNO3S3/c19-13-5-2-1-4-12(13)14-8-7-11(25-14)10-15-17(23)20(18(24)26-15)9-3-6-16(21)22/h1-2,4-5,7-8,10H,3,6,9H2,(H,21,22)/b15-10+. The first kappa shape index (κ1) is 19.1. The smallest absolute Gasteiger partial charge is 0.303 e. The molecule has 1 aliphatic rings. The lowest BCUT2D eigenvalue weighted by atomic mass is 10.2. The van der Waals surface area contributed by atoms with E-state index in [2.05, 4.69) is 0 Å². The van der Waals surface area contributed by atoms with Crippen LogP contribution in [-0.2, 0) is 9.59 Å². The van der Waals surface area contributed by atoms with Gasteiger partial charge in [-0.2, -0.15) is 0 Å². The van der Waals surface area contributed by atoms with E-state index in [1.54, 1.807) is 11.3 Å². The van der Waals surface area contributed by atoms with Crippen molar-refractivity contribution in [3.05, 3.63) is 51.2 Å². The zero-order chi connectivity index (χ0) is 18.7. The quantitative estimate of drug-likeness (QED) is 0.515. The van der Waals surface area contributed by atoms with Crippen molar-refractivity contribution in [3.8, 4) is 10.4 Å². The Morgan fingerprint density at radius 1 is 1.27 bits per heavy atom. The van der Waals surface area contributed by atoms with Crippen molar-refractivity contribution >= 4 is 69.2 Å². The largest absolute Gasteiger partial charge is 0.481 e. The lowest BCUT2D eigenvalue weighted by Gasteiger charge is -2.13. The molecule has 134 valence electrons. The molecule has 0 spiro atoms. The highest BCUT2D eigenvalue weighted by Gasteiger charge is 2.31. The van der Waals surface area contributed by atoms with E-state index in [4.69, 9.17) is 28.9 Å². The third-order valence-electron chi connectivity index (χ3n) is 3.69. The highest BCUT2D eigenvalue weighted by Crippen LogP contribution is 2.37. The molecule has 2 aromatic rings. The number of rotatable bonds is 6. The molecule has 1 aliphatic heterocycles. The van der Waals surface area contributed by atoms with Crippen LogP contribution < -0.4 is 0 Å². The Labute approximate surface area is 169 Å². The van der Waals surface area contributed by atoms with Crippen LogP contribution in [0, 0.1) is 0 Å². The molecule has 1 saturated heterocycles. The Morgan fingerprint density at radius 3 is 2.77 bits per heavy atom. The maximum atomic E-state index is 12.5. The van der Waals surface area contributed by atoms with E-state index in [-0.39, 0.29) is 12.3 Å². The molecule has 0 unspecified atom stereocenters. The predicted octanol–water partition coefficient (Wildman–Crippen LogP) is 5.13. The van der Waals surface area contributed by atoms with Crippen LogP contribution in [0.1, 0.15) is 17.7 Å². The molecule has 3 rings (SSSR count). The number of carboxylic acid groups (broad SMARTS) is 1. The zero-order valence-electron chi connectivity index (χ0n) is 13.5. The number of thioether (sulfide) groups is 1. The average molecular weight is 424 g/mol. The van der Waals surface area contributed by atoms with Gasteiger partial charge in [0.05, 0.1) is 4.91 Å².